The Labute approximate surface area is 98.6 Å². The zero-order valence-electron chi connectivity index (χ0n) is 7.86. The van der Waals surface area contributed by atoms with Crippen LogP contribution in [0.15, 0.2) is 15.2 Å². The molecule has 78 valence electrons. The summed E-state index contributed by atoms with van der Waals surface area (Å²) in [5.41, 5.74) is 0. The molecule has 1 aliphatic heterocycles. The maximum atomic E-state index is 5.53. The van der Waals surface area contributed by atoms with Crippen LogP contribution in [-0.4, -0.2) is 16.0 Å². The third-order valence-corrected chi connectivity index (χ3v) is 3.57. The molecule has 1 unspecified atom stereocenters. The molecule has 0 saturated carbocycles. The highest BCUT2D eigenvalue weighted by Gasteiger charge is 2.32. The van der Waals surface area contributed by atoms with Crippen molar-refractivity contribution in [3.63, 3.8) is 0 Å². The van der Waals surface area contributed by atoms with Crippen molar-refractivity contribution in [2.24, 2.45) is 0 Å². The van der Waals surface area contributed by atoms with Crippen molar-refractivity contribution >= 4 is 27.5 Å². The van der Waals surface area contributed by atoms with Gasteiger partial charge in [-0.25, -0.2) is 4.98 Å². The van der Waals surface area contributed by atoms with Crippen molar-refractivity contribution in [3.05, 3.63) is 27.3 Å². The molecule has 0 aromatic carbocycles. The minimum Gasteiger partial charge on any atom is -0.489 e. The number of halogens is 1. The van der Waals surface area contributed by atoms with Gasteiger partial charge in [0.1, 0.15) is 23.4 Å². The predicted octanol–water partition coefficient (Wildman–Crippen LogP) is 2.73. The molecule has 0 saturated heterocycles. The molecule has 1 atom stereocenters. The van der Waals surface area contributed by atoms with Crippen molar-refractivity contribution in [1.82, 2.24) is 9.36 Å². The van der Waals surface area contributed by atoms with Crippen molar-refractivity contribution in [2.45, 2.75) is 12.8 Å². The van der Waals surface area contributed by atoms with Gasteiger partial charge < -0.3 is 9.15 Å². The van der Waals surface area contributed by atoms with Gasteiger partial charge in [0, 0.05) is 6.07 Å². The Bertz CT molecular complexity index is 508. The number of hydrogen-bond acceptors (Lipinski definition) is 5. The quantitative estimate of drug-likeness (QED) is 0.809. The fraction of sp³-hybridized carbons (Fsp3) is 0.333. The lowest BCUT2D eigenvalue weighted by Gasteiger charge is -2.00. The van der Waals surface area contributed by atoms with Gasteiger partial charge in [-0.15, -0.1) is 0 Å². The summed E-state index contributed by atoms with van der Waals surface area (Å²) < 4.78 is 15.9. The first-order valence-corrected chi connectivity index (χ1v) is 6.03. The van der Waals surface area contributed by atoms with E-state index >= 15 is 0 Å². The summed E-state index contributed by atoms with van der Waals surface area (Å²) in [6.45, 7) is 2.48. The Kier molecular flexibility index (Phi) is 2.07. The monoisotopic (exact) mass is 286 g/mol. The largest absolute Gasteiger partial charge is 0.489 e. The van der Waals surface area contributed by atoms with Gasteiger partial charge in [0.2, 0.25) is 0 Å². The van der Waals surface area contributed by atoms with Crippen LogP contribution in [0.4, 0.5) is 0 Å². The van der Waals surface area contributed by atoms with Gasteiger partial charge in [-0.1, -0.05) is 0 Å². The molecule has 0 bridgehead atoms. The minimum absolute atomic E-state index is 0.0949. The molecule has 6 heteroatoms. The molecule has 0 spiro atoms. The van der Waals surface area contributed by atoms with Crippen molar-refractivity contribution < 1.29 is 9.15 Å². The zero-order valence-corrected chi connectivity index (χ0v) is 10.3. The van der Waals surface area contributed by atoms with Crippen LogP contribution in [0.3, 0.4) is 0 Å². The number of ether oxygens (including phenoxy) is 1. The Morgan fingerprint density at radius 3 is 3.20 bits per heavy atom. The minimum atomic E-state index is 0.0949. The first-order chi connectivity index (χ1) is 7.24. The van der Waals surface area contributed by atoms with E-state index < -0.39 is 0 Å². The van der Waals surface area contributed by atoms with Gasteiger partial charge in [0.25, 0.3) is 0 Å². The van der Waals surface area contributed by atoms with Crippen LogP contribution in [0.5, 0.6) is 5.75 Å². The third-order valence-electron chi connectivity index (χ3n) is 2.26. The van der Waals surface area contributed by atoms with Gasteiger partial charge in [0.05, 0.1) is 0 Å². The van der Waals surface area contributed by atoms with E-state index in [0.29, 0.717) is 11.3 Å². The summed E-state index contributed by atoms with van der Waals surface area (Å²) >= 11 is 4.69. The SMILES string of the molecule is Cc1nsc(C2COc3cc(Br)oc32)n1. The van der Waals surface area contributed by atoms with Gasteiger partial charge in [-0.05, 0) is 34.4 Å². The Balaban J connectivity index is 2.02. The second-order valence-electron chi connectivity index (χ2n) is 3.32. The fourth-order valence-electron chi connectivity index (χ4n) is 1.60. The predicted molar refractivity (Wildman–Crippen MR) is 58.4 cm³/mol. The van der Waals surface area contributed by atoms with E-state index in [1.54, 1.807) is 0 Å². The molecule has 0 amide bonds. The Morgan fingerprint density at radius 1 is 1.60 bits per heavy atom. The Hall–Kier alpha value is -0.880. The summed E-state index contributed by atoms with van der Waals surface area (Å²) in [7, 11) is 0. The van der Waals surface area contributed by atoms with E-state index in [9.17, 15) is 0 Å². The van der Waals surface area contributed by atoms with E-state index in [1.807, 2.05) is 13.0 Å². The molecule has 2 aromatic heterocycles. The summed E-state index contributed by atoms with van der Waals surface area (Å²) in [5.74, 6) is 2.55. The van der Waals surface area contributed by atoms with Gasteiger partial charge in [0.15, 0.2) is 16.2 Å². The summed E-state index contributed by atoms with van der Waals surface area (Å²) in [4.78, 5) is 4.35. The highest BCUT2D eigenvalue weighted by molar-refractivity contribution is 9.10. The maximum absolute atomic E-state index is 5.53. The molecule has 4 nitrogen and oxygen atoms in total. The lowest BCUT2D eigenvalue weighted by Crippen LogP contribution is -2.02. The molecule has 1 aliphatic rings. The van der Waals surface area contributed by atoms with Crippen molar-refractivity contribution in [1.29, 1.82) is 0 Å². The number of nitrogens with zero attached hydrogens (tertiary/aromatic N) is 2. The average Bonchev–Trinajstić information content (AvgIpc) is 2.80. The summed E-state index contributed by atoms with van der Waals surface area (Å²) in [6.07, 6.45) is 0. The van der Waals surface area contributed by atoms with Crippen LogP contribution >= 0.6 is 27.5 Å². The van der Waals surface area contributed by atoms with Crippen LogP contribution in [0, 0.1) is 6.92 Å². The van der Waals surface area contributed by atoms with Crippen molar-refractivity contribution in [3.8, 4) is 5.75 Å². The topological polar surface area (TPSA) is 48.2 Å². The van der Waals surface area contributed by atoms with Crippen LogP contribution in [0.1, 0.15) is 22.5 Å². The summed E-state index contributed by atoms with van der Waals surface area (Å²) in [5, 5.41) is 0.952. The molecule has 15 heavy (non-hydrogen) atoms. The highest BCUT2D eigenvalue weighted by atomic mass is 79.9. The molecule has 0 fully saturated rings. The number of rotatable bonds is 1. The molecule has 0 radical (unpaired) electrons. The van der Waals surface area contributed by atoms with Gasteiger partial charge in [-0.3, -0.25) is 0 Å². The highest BCUT2D eigenvalue weighted by Crippen LogP contribution is 2.42. The third kappa shape index (κ3) is 1.48. The lowest BCUT2D eigenvalue weighted by molar-refractivity contribution is 0.339. The zero-order chi connectivity index (χ0) is 10.4. The molecular weight excluding hydrogens is 280 g/mol. The fourth-order valence-corrected chi connectivity index (χ4v) is 2.73. The molecular formula is C9H7BrN2O2S. The normalized spacial score (nSPS) is 18.9. The van der Waals surface area contributed by atoms with Crippen molar-refractivity contribution in [2.75, 3.05) is 6.61 Å². The average molecular weight is 287 g/mol. The summed E-state index contributed by atoms with van der Waals surface area (Å²) in [6, 6.07) is 1.84. The van der Waals surface area contributed by atoms with Crippen LogP contribution in [0.25, 0.3) is 0 Å². The first kappa shape index (κ1) is 9.35. The smallest absolute Gasteiger partial charge is 0.173 e. The van der Waals surface area contributed by atoms with E-state index in [0.717, 1.165) is 22.3 Å². The van der Waals surface area contributed by atoms with E-state index in [4.69, 9.17) is 9.15 Å². The number of fused-ring (bicyclic) bond motifs is 1. The second-order valence-corrected chi connectivity index (χ2v) is 4.89. The van der Waals surface area contributed by atoms with Gasteiger partial charge >= 0.3 is 0 Å². The van der Waals surface area contributed by atoms with Gasteiger partial charge in [-0.2, -0.15) is 4.37 Å². The lowest BCUT2D eigenvalue weighted by atomic mass is 10.1. The number of furan rings is 1. The molecule has 3 heterocycles. The van der Waals surface area contributed by atoms with Crippen LogP contribution in [0.2, 0.25) is 0 Å². The van der Waals surface area contributed by atoms with Crippen LogP contribution in [-0.2, 0) is 0 Å². The van der Waals surface area contributed by atoms with Crippen LogP contribution < -0.4 is 4.74 Å². The molecule has 2 aromatic rings. The Morgan fingerprint density at radius 2 is 2.47 bits per heavy atom. The second kappa shape index (κ2) is 3.31. The first-order valence-electron chi connectivity index (χ1n) is 4.46. The van der Waals surface area contributed by atoms with E-state index in [1.165, 1.54) is 11.5 Å². The number of aryl methyl sites for hydroxylation is 1. The number of aromatic nitrogens is 2. The maximum Gasteiger partial charge on any atom is 0.173 e. The van der Waals surface area contributed by atoms with E-state index in [-0.39, 0.29) is 5.92 Å². The van der Waals surface area contributed by atoms with E-state index in [2.05, 4.69) is 25.3 Å². The molecule has 0 aliphatic carbocycles. The molecule has 0 N–H and O–H groups in total. The molecule has 3 rings (SSSR count). The standard InChI is InChI=1S/C9H7BrN2O2S/c1-4-11-9(15-12-4)5-3-13-6-2-7(10)14-8(5)6/h2,5H,3H2,1H3. The number of hydrogen-bond donors (Lipinski definition) is 0.